The van der Waals surface area contributed by atoms with Crippen molar-refractivity contribution in [3.05, 3.63) is 75.2 Å². The van der Waals surface area contributed by atoms with Gasteiger partial charge in [-0.05, 0) is 69.2 Å². The Balaban J connectivity index is 2.11. The van der Waals surface area contributed by atoms with Crippen LogP contribution in [-0.4, -0.2) is 34.2 Å². The molecule has 0 saturated carbocycles. The van der Waals surface area contributed by atoms with Crippen molar-refractivity contribution in [1.29, 1.82) is 0 Å². The van der Waals surface area contributed by atoms with Crippen molar-refractivity contribution >= 4 is 22.7 Å². The minimum Gasteiger partial charge on any atom is -0.496 e. The summed E-state index contributed by atoms with van der Waals surface area (Å²) in [6.07, 6.45) is 1.68. The average molecular weight is 459 g/mol. The topological polar surface area (TPSA) is 109 Å². The van der Waals surface area contributed by atoms with Crippen molar-refractivity contribution in [3.8, 4) is 22.8 Å². The molecule has 8 nitrogen and oxygen atoms in total. The fourth-order valence-corrected chi connectivity index (χ4v) is 4.11. The van der Waals surface area contributed by atoms with Crippen LogP contribution >= 0.6 is 0 Å². The van der Waals surface area contributed by atoms with E-state index in [1.807, 2.05) is 45.0 Å². The second kappa shape index (κ2) is 8.97. The van der Waals surface area contributed by atoms with Crippen molar-refractivity contribution in [1.82, 2.24) is 14.5 Å². The Morgan fingerprint density at radius 1 is 1.09 bits per heavy atom. The number of aromatic nitrogens is 3. The van der Waals surface area contributed by atoms with Crippen LogP contribution in [-0.2, 0) is 4.74 Å². The molecule has 3 heterocycles. The van der Waals surface area contributed by atoms with Gasteiger partial charge in [0.25, 0.3) is 5.56 Å². The molecule has 0 spiro atoms. The first-order valence-electron chi connectivity index (χ1n) is 10.9. The third kappa shape index (κ3) is 3.77. The zero-order valence-electron chi connectivity index (χ0n) is 19.8. The van der Waals surface area contributed by atoms with Crippen LogP contribution in [0, 0.1) is 20.8 Å². The highest BCUT2D eigenvalue weighted by Gasteiger charge is 2.25. The summed E-state index contributed by atoms with van der Waals surface area (Å²) in [6.45, 7) is 7.51. The van der Waals surface area contributed by atoms with Crippen LogP contribution < -0.4 is 16.0 Å². The van der Waals surface area contributed by atoms with Gasteiger partial charge in [0.1, 0.15) is 17.1 Å². The first-order chi connectivity index (χ1) is 16.3. The maximum Gasteiger partial charge on any atom is 0.344 e. The van der Waals surface area contributed by atoms with Gasteiger partial charge >= 0.3 is 5.97 Å². The van der Waals surface area contributed by atoms with Gasteiger partial charge in [0.15, 0.2) is 0 Å². The van der Waals surface area contributed by atoms with Crippen molar-refractivity contribution in [2.24, 2.45) is 0 Å². The van der Waals surface area contributed by atoms with E-state index in [1.54, 1.807) is 32.4 Å². The number of pyridine rings is 3. The van der Waals surface area contributed by atoms with Gasteiger partial charge in [0.2, 0.25) is 0 Å². The second-order valence-corrected chi connectivity index (χ2v) is 7.99. The first kappa shape index (κ1) is 23.0. The number of hydrogen-bond acceptors (Lipinski definition) is 7. The highest BCUT2D eigenvalue weighted by atomic mass is 16.5. The zero-order chi connectivity index (χ0) is 24.6. The molecule has 0 saturated heterocycles. The number of esters is 1. The average Bonchev–Trinajstić information content (AvgIpc) is 2.81. The third-order valence-corrected chi connectivity index (χ3v) is 5.75. The number of rotatable bonds is 5. The number of ether oxygens (including phenoxy) is 2. The molecule has 0 fully saturated rings. The molecule has 0 atom stereocenters. The highest BCUT2D eigenvalue weighted by molar-refractivity contribution is 6.07. The van der Waals surface area contributed by atoms with Gasteiger partial charge in [-0.15, -0.1) is 0 Å². The van der Waals surface area contributed by atoms with E-state index in [4.69, 9.17) is 15.2 Å². The van der Waals surface area contributed by atoms with Crippen molar-refractivity contribution in [2.45, 2.75) is 27.7 Å². The Hall–Kier alpha value is -4.20. The summed E-state index contributed by atoms with van der Waals surface area (Å²) in [6, 6.07) is 10.8. The molecule has 3 aromatic heterocycles. The smallest absolute Gasteiger partial charge is 0.344 e. The SMILES string of the molecule is CCOC(=O)c1c(N)n(-c2c(C)ccc(OC)c2C)c(=O)c2ccc(-c3cc(C)ccn3)nc12. The lowest BCUT2D eigenvalue weighted by Gasteiger charge is -2.20. The maximum atomic E-state index is 13.7. The second-order valence-electron chi connectivity index (χ2n) is 7.99. The quantitative estimate of drug-likeness (QED) is 0.448. The number of anilines is 1. The molecule has 4 aromatic rings. The fraction of sp³-hybridized carbons (Fsp3) is 0.231. The number of hydrogen-bond donors (Lipinski definition) is 1. The van der Waals surface area contributed by atoms with Crippen LogP contribution in [0.3, 0.4) is 0 Å². The molecule has 0 bridgehead atoms. The summed E-state index contributed by atoms with van der Waals surface area (Å²) in [7, 11) is 1.56. The number of nitrogens with zero attached hydrogens (tertiary/aromatic N) is 3. The molecule has 0 aliphatic carbocycles. The van der Waals surface area contributed by atoms with Crippen LogP contribution in [0.25, 0.3) is 28.0 Å². The van der Waals surface area contributed by atoms with E-state index in [-0.39, 0.29) is 28.9 Å². The number of benzene rings is 1. The number of nitrogens with two attached hydrogens (primary N) is 1. The summed E-state index contributed by atoms with van der Waals surface area (Å²) in [5.74, 6) is -0.0975. The molecular weight excluding hydrogens is 432 g/mol. The van der Waals surface area contributed by atoms with Crippen LogP contribution in [0.1, 0.15) is 34.0 Å². The van der Waals surface area contributed by atoms with E-state index in [0.717, 1.165) is 16.7 Å². The van der Waals surface area contributed by atoms with Gasteiger partial charge in [0, 0.05) is 11.8 Å². The standard InChI is InChI=1S/C26H26N4O4/c1-6-34-26(32)21-22-17(8-9-18(29-22)19-13-14(2)11-12-28-19)25(31)30(24(21)27)23-15(3)7-10-20(33-5)16(23)4/h7-13H,6,27H2,1-5H3. The van der Waals surface area contributed by atoms with Crippen molar-refractivity contribution in [3.63, 3.8) is 0 Å². The van der Waals surface area contributed by atoms with Gasteiger partial charge in [-0.3, -0.25) is 14.3 Å². The largest absolute Gasteiger partial charge is 0.496 e. The van der Waals surface area contributed by atoms with E-state index in [1.165, 1.54) is 4.57 Å². The normalized spacial score (nSPS) is 11.0. The summed E-state index contributed by atoms with van der Waals surface area (Å²) in [4.78, 5) is 35.8. The molecule has 174 valence electrons. The number of carbonyl (C=O) groups is 1. The molecule has 0 amide bonds. The third-order valence-electron chi connectivity index (χ3n) is 5.75. The number of aryl methyl sites for hydroxylation is 2. The fourth-order valence-electron chi connectivity index (χ4n) is 4.11. The number of carbonyl (C=O) groups excluding carboxylic acids is 1. The van der Waals surface area contributed by atoms with E-state index in [0.29, 0.717) is 22.8 Å². The summed E-state index contributed by atoms with van der Waals surface area (Å²) < 4.78 is 12.1. The Morgan fingerprint density at radius 3 is 2.53 bits per heavy atom. The molecule has 1 aromatic carbocycles. The molecule has 0 aliphatic heterocycles. The lowest BCUT2D eigenvalue weighted by atomic mass is 10.0. The molecule has 0 unspecified atom stereocenters. The van der Waals surface area contributed by atoms with Crippen molar-refractivity contribution < 1.29 is 14.3 Å². The van der Waals surface area contributed by atoms with E-state index in [9.17, 15) is 9.59 Å². The summed E-state index contributed by atoms with van der Waals surface area (Å²) in [5, 5.41) is 0.246. The first-order valence-corrected chi connectivity index (χ1v) is 10.9. The lowest BCUT2D eigenvalue weighted by molar-refractivity contribution is 0.0529. The minimum atomic E-state index is -0.654. The Bertz CT molecular complexity index is 1490. The van der Waals surface area contributed by atoms with Gasteiger partial charge in [-0.25, -0.2) is 9.78 Å². The maximum absolute atomic E-state index is 13.7. The lowest BCUT2D eigenvalue weighted by Crippen LogP contribution is -2.27. The van der Waals surface area contributed by atoms with Gasteiger partial charge < -0.3 is 15.2 Å². The highest BCUT2D eigenvalue weighted by Crippen LogP contribution is 2.32. The molecule has 0 aliphatic rings. The predicted molar refractivity (Wildman–Crippen MR) is 132 cm³/mol. The Kier molecular flexibility index (Phi) is 6.06. The van der Waals surface area contributed by atoms with Crippen LogP contribution in [0.4, 0.5) is 5.82 Å². The van der Waals surface area contributed by atoms with Crippen LogP contribution in [0.2, 0.25) is 0 Å². The molecule has 0 radical (unpaired) electrons. The minimum absolute atomic E-state index is 0.0348. The monoisotopic (exact) mass is 458 g/mol. The van der Waals surface area contributed by atoms with Gasteiger partial charge in [-0.1, -0.05) is 6.07 Å². The number of methoxy groups -OCH3 is 1. The Labute approximate surface area is 197 Å². The molecule has 2 N–H and O–H groups in total. The zero-order valence-corrected chi connectivity index (χ0v) is 19.8. The van der Waals surface area contributed by atoms with Crippen LogP contribution in [0.15, 0.2) is 47.4 Å². The molecule has 4 rings (SSSR count). The molecule has 8 heteroatoms. The predicted octanol–water partition coefficient (Wildman–Crippen LogP) is 4.14. The number of nitrogen functional groups attached to an aromatic ring is 1. The number of fused-ring (bicyclic) bond motifs is 1. The van der Waals surface area contributed by atoms with Gasteiger partial charge in [0.05, 0.1) is 41.7 Å². The van der Waals surface area contributed by atoms with E-state index >= 15 is 0 Å². The van der Waals surface area contributed by atoms with Gasteiger partial charge in [-0.2, -0.15) is 0 Å². The Morgan fingerprint density at radius 2 is 1.85 bits per heavy atom. The molecular formula is C26H26N4O4. The van der Waals surface area contributed by atoms with E-state index < -0.39 is 11.5 Å². The molecule has 34 heavy (non-hydrogen) atoms. The summed E-state index contributed by atoms with van der Waals surface area (Å²) >= 11 is 0. The van der Waals surface area contributed by atoms with E-state index in [2.05, 4.69) is 9.97 Å². The summed E-state index contributed by atoms with van der Waals surface area (Å²) in [5.41, 5.74) is 10.6. The van der Waals surface area contributed by atoms with Crippen LogP contribution in [0.5, 0.6) is 5.75 Å². The van der Waals surface area contributed by atoms with Crippen molar-refractivity contribution in [2.75, 3.05) is 19.5 Å².